The predicted molar refractivity (Wildman–Crippen MR) is 142 cm³/mol. The van der Waals surface area contributed by atoms with Crippen LogP contribution < -0.4 is 22.5 Å². The highest BCUT2D eigenvalue weighted by molar-refractivity contribution is 5.89. The van der Waals surface area contributed by atoms with E-state index in [0.717, 1.165) is 31.4 Å². The standard InChI is InChI=1S/C26H38N8O3/c1-26(2,28)23(35)32-12-14-33(15-13-32)24(36)29-22-10-11-34(25(37)30-22)20-7-4-18(5-8-20)17-31(3)21-9-6-19(27)16-21/h4-5,7-8,10-11,19,21H,6,9,12-17,27-28H2,1-3H3,(H,29,30,36,37)/t19-,21?/m1/s1. The van der Waals surface area contributed by atoms with Crippen LogP contribution in [0.4, 0.5) is 10.6 Å². The van der Waals surface area contributed by atoms with Gasteiger partial charge in [0, 0.05) is 51.0 Å². The van der Waals surface area contributed by atoms with Crippen LogP contribution in [0.15, 0.2) is 41.3 Å². The molecule has 1 saturated carbocycles. The van der Waals surface area contributed by atoms with E-state index in [4.69, 9.17) is 11.5 Å². The number of hydrogen-bond acceptors (Lipinski definition) is 7. The molecule has 2 heterocycles. The van der Waals surface area contributed by atoms with E-state index in [1.54, 1.807) is 35.9 Å². The van der Waals surface area contributed by atoms with E-state index >= 15 is 0 Å². The first-order valence-electron chi connectivity index (χ1n) is 12.8. The van der Waals surface area contributed by atoms with Gasteiger partial charge >= 0.3 is 11.7 Å². The Kier molecular flexibility index (Phi) is 7.96. The monoisotopic (exact) mass is 510 g/mol. The number of nitrogens with zero attached hydrogens (tertiary/aromatic N) is 5. The lowest BCUT2D eigenvalue weighted by molar-refractivity contribution is -0.137. The second-order valence-electron chi connectivity index (χ2n) is 10.7. The van der Waals surface area contributed by atoms with Gasteiger partial charge in [-0.2, -0.15) is 4.98 Å². The average molecular weight is 511 g/mol. The summed E-state index contributed by atoms with van der Waals surface area (Å²) < 4.78 is 1.44. The molecule has 1 aromatic carbocycles. The van der Waals surface area contributed by atoms with Crippen molar-refractivity contribution in [2.24, 2.45) is 11.5 Å². The first kappa shape index (κ1) is 26.8. The van der Waals surface area contributed by atoms with Crippen LogP contribution in [0.3, 0.4) is 0 Å². The number of hydrogen-bond donors (Lipinski definition) is 3. The Morgan fingerprint density at radius 2 is 1.73 bits per heavy atom. The second kappa shape index (κ2) is 11.0. The summed E-state index contributed by atoms with van der Waals surface area (Å²) in [5.74, 6) is 0.0392. The molecule has 1 saturated heterocycles. The van der Waals surface area contributed by atoms with Gasteiger partial charge < -0.3 is 21.3 Å². The summed E-state index contributed by atoms with van der Waals surface area (Å²) in [6, 6.07) is 9.86. The molecule has 0 bridgehead atoms. The van der Waals surface area contributed by atoms with Crippen molar-refractivity contribution in [2.75, 3.05) is 38.5 Å². The van der Waals surface area contributed by atoms with Crippen LogP contribution in [0, 0.1) is 0 Å². The molecule has 11 nitrogen and oxygen atoms in total. The fourth-order valence-electron chi connectivity index (χ4n) is 4.95. The lowest BCUT2D eigenvalue weighted by Crippen LogP contribution is -2.58. The lowest BCUT2D eigenvalue weighted by atomic mass is 10.1. The van der Waals surface area contributed by atoms with Gasteiger partial charge in [-0.05, 0) is 63.9 Å². The summed E-state index contributed by atoms with van der Waals surface area (Å²) in [7, 11) is 2.12. The number of benzene rings is 1. The molecule has 3 amide bonds. The molecule has 200 valence electrons. The molecule has 1 aliphatic carbocycles. The zero-order valence-corrected chi connectivity index (χ0v) is 21.9. The van der Waals surface area contributed by atoms with E-state index in [1.165, 1.54) is 4.57 Å². The Morgan fingerprint density at radius 1 is 1.08 bits per heavy atom. The molecule has 1 unspecified atom stereocenters. The number of aromatic nitrogens is 2. The van der Waals surface area contributed by atoms with Crippen LogP contribution in [-0.2, 0) is 11.3 Å². The highest BCUT2D eigenvalue weighted by Crippen LogP contribution is 2.23. The van der Waals surface area contributed by atoms with Crippen LogP contribution in [-0.4, -0.2) is 87.0 Å². The molecule has 2 aliphatic rings. The maximum absolute atomic E-state index is 12.7. The average Bonchev–Trinajstić information content (AvgIpc) is 3.30. The van der Waals surface area contributed by atoms with Crippen molar-refractivity contribution in [1.82, 2.24) is 24.3 Å². The van der Waals surface area contributed by atoms with Gasteiger partial charge in [-0.25, -0.2) is 9.59 Å². The lowest BCUT2D eigenvalue weighted by Gasteiger charge is -2.37. The van der Waals surface area contributed by atoms with E-state index in [0.29, 0.717) is 44.0 Å². The third kappa shape index (κ3) is 6.54. The molecule has 2 fully saturated rings. The molecule has 0 radical (unpaired) electrons. The van der Waals surface area contributed by atoms with E-state index in [9.17, 15) is 14.4 Å². The van der Waals surface area contributed by atoms with Gasteiger partial charge in [-0.3, -0.25) is 19.6 Å². The number of amides is 3. The molecule has 2 aromatic rings. The number of urea groups is 1. The predicted octanol–water partition coefficient (Wildman–Crippen LogP) is 0.958. The number of carbonyl (C=O) groups excluding carboxylic acids is 2. The minimum Gasteiger partial charge on any atom is -0.338 e. The first-order chi connectivity index (χ1) is 17.5. The highest BCUT2D eigenvalue weighted by atomic mass is 16.2. The summed E-state index contributed by atoms with van der Waals surface area (Å²) in [6.07, 6.45) is 4.83. The van der Waals surface area contributed by atoms with Gasteiger partial charge in [0.1, 0.15) is 5.82 Å². The molecule has 1 aromatic heterocycles. The molecule has 0 spiro atoms. The molecule has 4 rings (SSSR count). The molecule has 5 N–H and O–H groups in total. The van der Waals surface area contributed by atoms with Crippen LogP contribution in [0.5, 0.6) is 0 Å². The SMILES string of the molecule is CN(Cc1ccc(-n2ccc(NC(=O)N3CCN(C(=O)C(C)(C)N)CC3)nc2=O)cc1)C1CC[C@@H](N)C1. The van der Waals surface area contributed by atoms with Gasteiger partial charge in [-0.1, -0.05) is 12.1 Å². The van der Waals surface area contributed by atoms with E-state index in [2.05, 4.69) is 22.2 Å². The van der Waals surface area contributed by atoms with Gasteiger partial charge in [-0.15, -0.1) is 0 Å². The van der Waals surface area contributed by atoms with Gasteiger partial charge in [0.2, 0.25) is 5.91 Å². The van der Waals surface area contributed by atoms with Crippen molar-refractivity contribution in [3.63, 3.8) is 0 Å². The number of carbonyl (C=O) groups is 2. The summed E-state index contributed by atoms with van der Waals surface area (Å²) in [6.45, 7) is 5.72. The van der Waals surface area contributed by atoms with E-state index in [1.807, 2.05) is 24.3 Å². The number of rotatable bonds is 6. The quantitative estimate of drug-likeness (QED) is 0.525. The number of piperazine rings is 1. The fourth-order valence-corrected chi connectivity index (χ4v) is 4.95. The Hall–Kier alpha value is -3.28. The van der Waals surface area contributed by atoms with Gasteiger partial charge in [0.05, 0.1) is 11.2 Å². The molecular formula is C26H38N8O3. The molecule has 1 aliphatic heterocycles. The number of anilines is 1. The maximum atomic E-state index is 12.7. The Labute approximate surface area is 217 Å². The molecule has 2 atom stereocenters. The Balaban J connectivity index is 1.32. The third-order valence-electron chi connectivity index (χ3n) is 7.16. The first-order valence-corrected chi connectivity index (χ1v) is 12.8. The summed E-state index contributed by atoms with van der Waals surface area (Å²) in [5, 5.41) is 2.69. The molecule has 37 heavy (non-hydrogen) atoms. The smallest absolute Gasteiger partial charge is 0.338 e. The van der Waals surface area contributed by atoms with Crippen LogP contribution in [0.1, 0.15) is 38.7 Å². The number of nitrogens with two attached hydrogens (primary N) is 2. The topological polar surface area (TPSA) is 143 Å². The minimum absolute atomic E-state index is 0.142. The maximum Gasteiger partial charge on any atom is 0.354 e. The van der Waals surface area contributed by atoms with Crippen molar-refractivity contribution in [2.45, 2.75) is 57.3 Å². The Morgan fingerprint density at radius 3 is 2.30 bits per heavy atom. The normalized spacial score (nSPS) is 20.4. The number of nitrogens with one attached hydrogen (secondary N) is 1. The summed E-state index contributed by atoms with van der Waals surface area (Å²) >= 11 is 0. The highest BCUT2D eigenvalue weighted by Gasteiger charge is 2.31. The van der Waals surface area contributed by atoms with Gasteiger partial charge in [0.15, 0.2) is 0 Å². The van der Waals surface area contributed by atoms with Crippen LogP contribution in [0.25, 0.3) is 5.69 Å². The zero-order valence-electron chi connectivity index (χ0n) is 21.9. The Bertz CT molecular complexity index is 1170. The summed E-state index contributed by atoms with van der Waals surface area (Å²) in [5.41, 5.74) is 12.4. The van der Waals surface area contributed by atoms with Crippen molar-refractivity contribution in [3.05, 3.63) is 52.6 Å². The summed E-state index contributed by atoms with van der Waals surface area (Å²) in [4.78, 5) is 47.3. The zero-order chi connectivity index (χ0) is 26.7. The van der Waals surface area contributed by atoms with E-state index in [-0.39, 0.29) is 17.8 Å². The van der Waals surface area contributed by atoms with Crippen LogP contribution >= 0.6 is 0 Å². The molecule has 11 heteroatoms. The van der Waals surface area contributed by atoms with Gasteiger partial charge in [0.25, 0.3) is 0 Å². The second-order valence-corrected chi connectivity index (χ2v) is 10.7. The minimum atomic E-state index is -0.945. The molecular weight excluding hydrogens is 472 g/mol. The largest absolute Gasteiger partial charge is 0.354 e. The van der Waals surface area contributed by atoms with Crippen molar-refractivity contribution >= 4 is 17.8 Å². The van der Waals surface area contributed by atoms with Crippen molar-refractivity contribution in [3.8, 4) is 5.69 Å². The third-order valence-corrected chi connectivity index (χ3v) is 7.16. The van der Waals surface area contributed by atoms with Crippen LogP contribution in [0.2, 0.25) is 0 Å². The van der Waals surface area contributed by atoms with Crippen molar-refractivity contribution in [1.29, 1.82) is 0 Å². The van der Waals surface area contributed by atoms with Crippen molar-refractivity contribution < 1.29 is 9.59 Å². The van der Waals surface area contributed by atoms with E-state index < -0.39 is 11.2 Å². The fraction of sp³-hybridized carbons (Fsp3) is 0.538.